The third-order valence-electron chi connectivity index (χ3n) is 6.47. The molecule has 0 aliphatic carbocycles. The number of rotatable bonds is 16. The minimum absolute atomic E-state index is 0.408. The van der Waals surface area contributed by atoms with Crippen molar-refractivity contribution in [2.75, 3.05) is 13.5 Å². The molecule has 4 aromatic rings. The number of nitrogens with one attached hydrogen (secondary N) is 2. The van der Waals surface area contributed by atoms with Gasteiger partial charge >= 0.3 is 8.25 Å². The molecule has 2 N–H and O–H groups in total. The van der Waals surface area contributed by atoms with Gasteiger partial charge in [-0.2, -0.15) is 0 Å². The number of benzene rings is 4. The highest BCUT2D eigenvalue weighted by atomic mass is 35.5. The second-order valence-corrected chi connectivity index (χ2v) is 12.2. The molecule has 11 nitrogen and oxygen atoms in total. The van der Waals surface area contributed by atoms with Crippen LogP contribution in [0.2, 0.25) is 10.0 Å². The van der Waals surface area contributed by atoms with E-state index in [0.29, 0.717) is 44.5 Å². The molecule has 2 amide bonds. The average Bonchev–Trinajstić information content (AvgIpc) is 3.05. The summed E-state index contributed by atoms with van der Waals surface area (Å²) in [5.41, 5.74) is 2.04. The number of halogens is 2. The Morgan fingerprint density at radius 3 is 1.33 bits per heavy atom. The number of ether oxygens (including phenoxy) is 4. The van der Waals surface area contributed by atoms with E-state index in [1.165, 1.54) is 0 Å². The quantitative estimate of drug-likeness (QED) is 0.0869. The van der Waals surface area contributed by atoms with Crippen molar-refractivity contribution in [1.82, 2.24) is 10.6 Å². The van der Waals surface area contributed by atoms with Crippen molar-refractivity contribution in [3.05, 3.63) is 106 Å². The molecular weight excluding hydrogens is 682 g/mol. The van der Waals surface area contributed by atoms with Crippen LogP contribution in [-0.4, -0.2) is 37.5 Å². The molecule has 14 heteroatoms. The van der Waals surface area contributed by atoms with Gasteiger partial charge < -0.3 is 29.6 Å². The van der Waals surface area contributed by atoms with Crippen molar-refractivity contribution in [2.45, 2.75) is 39.9 Å². The van der Waals surface area contributed by atoms with E-state index in [1.807, 2.05) is 26.0 Å². The van der Waals surface area contributed by atoms with Gasteiger partial charge in [0.1, 0.15) is 34.5 Å². The third kappa shape index (κ3) is 11.4. The first-order chi connectivity index (χ1) is 23.0. The van der Waals surface area contributed by atoms with E-state index in [9.17, 15) is 14.2 Å². The van der Waals surface area contributed by atoms with E-state index < -0.39 is 45.7 Å². The van der Waals surface area contributed by atoms with Gasteiger partial charge in [-0.1, -0.05) is 44.4 Å². The lowest BCUT2D eigenvalue weighted by molar-refractivity contribution is -0.128. The molecule has 0 spiro atoms. The Morgan fingerprint density at radius 1 is 0.625 bits per heavy atom. The van der Waals surface area contributed by atoms with Crippen LogP contribution in [0, 0.1) is 13.8 Å². The summed E-state index contributed by atoms with van der Waals surface area (Å²) in [4.78, 5) is 24.8. The molecule has 0 aliphatic rings. The SMILES string of the molecule is Cc1ccc(Oc2ccc(OC(C)C(=O)NCO[P+](=O)OCNC(=O)C(C)Oc3ccc(Oc4ccc(C)cc4Cl)cc3)cc2)c(Cl)c1. The topological polar surface area (TPSA) is 131 Å². The van der Waals surface area contributed by atoms with E-state index in [1.54, 1.807) is 86.6 Å². The highest BCUT2D eigenvalue weighted by Crippen LogP contribution is 2.32. The smallest absolute Gasteiger partial charge is 0.481 e. The molecule has 0 heterocycles. The molecule has 0 radical (unpaired) electrons. The Labute approximate surface area is 289 Å². The lowest BCUT2D eigenvalue weighted by atomic mass is 10.2. The second-order valence-electron chi connectivity index (χ2n) is 10.4. The fourth-order valence-electron chi connectivity index (χ4n) is 3.96. The molecule has 0 saturated carbocycles. The van der Waals surface area contributed by atoms with Gasteiger partial charge in [-0.25, -0.2) is 0 Å². The van der Waals surface area contributed by atoms with Gasteiger partial charge in [0.2, 0.25) is 0 Å². The minimum Gasteiger partial charge on any atom is -0.481 e. The number of amides is 2. The van der Waals surface area contributed by atoms with E-state index in [2.05, 4.69) is 10.6 Å². The molecule has 0 aliphatic heterocycles. The Morgan fingerprint density at radius 2 is 0.979 bits per heavy atom. The summed E-state index contributed by atoms with van der Waals surface area (Å²) in [7, 11) is -2.64. The fourth-order valence-corrected chi connectivity index (χ4v) is 4.92. The van der Waals surface area contributed by atoms with E-state index >= 15 is 0 Å². The third-order valence-corrected chi connectivity index (χ3v) is 7.75. The molecule has 0 saturated heterocycles. The number of hydrogen-bond acceptors (Lipinski definition) is 9. The van der Waals surface area contributed by atoms with Crippen molar-refractivity contribution in [1.29, 1.82) is 0 Å². The largest absolute Gasteiger partial charge is 0.701 e. The zero-order valence-electron chi connectivity index (χ0n) is 26.5. The van der Waals surface area contributed by atoms with Crippen LogP contribution in [0.15, 0.2) is 84.9 Å². The molecule has 0 fully saturated rings. The Kier molecular flexibility index (Phi) is 13.4. The van der Waals surface area contributed by atoms with Crippen molar-refractivity contribution >= 4 is 43.3 Å². The zero-order valence-corrected chi connectivity index (χ0v) is 28.9. The van der Waals surface area contributed by atoms with Gasteiger partial charge in [0.05, 0.1) is 10.0 Å². The number of aryl methyl sites for hydroxylation is 2. The van der Waals surface area contributed by atoms with Gasteiger partial charge in [-0.05, 0) is 112 Å². The van der Waals surface area contributed by atoms with Crippen LogP contribution in [0.25, 0.3) is 0 Å². The number of carbonyl (C=O) groups excluding carboxylic acids is 2. The van der Waals surface area contributed by atoms with Crippen LogP contribution in [-0.2, 0) is 23.2 Å². The van der Waals surface area contributed by atoms with E-state index in [0.717, 1.165) is 11.1 Å². The molecule has 48 heavy (non-hydrogen) atoms. The Bertz CT molecular complexity index is 1600. The van der Waals surface area contributed by atoms with Crippen LogP contribution in [0.4, 0.5) is 0 Å². The molecule has 2 unspecified atom stereocenters. The number of carbonyl (C=O) groups is 2. The molecule has 4 rings (SSSR count). The maximum atomic E-state index is 12.4. The highest BCUT2D eigenvalue weighted by Gasteiger charge is 2.24. The molecular formula is C34H34Cl2N2O9P+. The summed E-state index contributed by atoms with van der Waals surface area (Å²) < 4.78 is 44.9. The van der Waals surface area contributed by atoms with Gasteiger partial charge in [-0.3, -0.25) is 9.59 Å². The first-order valence-electron chi connectivity index (χ1n) is 14.7. The second kappa shape index (κ2) is 17.7. The van der Waals surface area contributed by atoms with Crippen LogP contribution in [0.5, 0.6) is 34.5 Å². The number of hydrogen-bond donors (Lipinski definition) is 2. The van der Waals surface area contributed by atoms with Crippen LogP contribution < -0.4 is 29.6 Å². The first kappa shape index (κ1) is 36.5. The molecule has 0 bridgehead atoms. The summed E-state index contributed by atoms with van der Waals surface area (Å²) >= 11 is 12.4. The van der Waals surface area contributed by atoms with Crippen molar-refractivity contribution in [2.24, 2.45) is 0 Å². The standard InChI is InChI=1S/C34H33Cl2N2O9P/c1-21-5-15-31(29(35)17-21)46-27-11-7-25(8-12-27)44-23(3)33(39)37-19-42-48(41)43-20-38-34(40)24(4)45-26-9-13-28(14-10-26)47-32-16-6-22(2)18-30(32)36/h5-18,23-24H,19-20H2,1-4H3,(H-,37,38,39,40)/p+1. The lowest BCUT2D eigenvalue weighted by Gasteiger charge is -2.14. The monoisotopic (exact) mass is 715 g/mol. The summed E-state index contributed by atoms with van der Waals surface area (Å²) in [5, 5.41) is 5.88. The summed E-state index contributed by atoms with van der Waals surface area (Å²) in [6, 6.07) is 24.3. The summed E-state index contributed by atoms with van der Waals surface area (Å²) in [5.74, 6) is 1.96. The van der Waals surface area contributed by atoms with Crippen molar-refractivity contribution in [3.63, 3.8) is 0 Å². The summed E-state index contributed by atoms with van der Waals surface area (Å²) in [6.07, 6.45) is -1.77. The molecule has 252 valence electrons. The van der Waals surface area contributed by atoms with Crippen molar-refractivity contribution < 1.29 is 42.1 Å². The predicted molar refractivity (Wildman–Crippen MR) is 181 cm³/mol. The normalized spacial score (nSPS) is 12.3. The van der Waals surface area contributed by atoms with Crippen LogP contribution in [0.1, 0.15) is 25.0 Å². The summed E-state index contributed by atoms with van der Waals surface area (Å²) in [6.45, 7) is 6.15. The molecule has 4 aromatic carbocycles. The van der Waals surface area contributed by atoms with Gasteiger partial charge in [0.15, 0.2) is 25.7 Å². The Balaban J connectivity index is 1.10. The van der Waals surface area contributed by atoms with Crippen LogP contribution in [0.3, 0.4) is 0 Å². The fraction of sp³-hybridized carbons (Fsp3) is 0.235. The van der Waals surface area contributed by atoms with Gasteiger partial charge in [-0.15, -0.1) is 0 Å². The minimum atomic E-state index is -2.64. The first-order valence-corrected chi connectivity index (χ1v) is 16.5. The maximum absolute atomic E-state index is 12.4. The highest BCUT2D eigenvalue weighted by molar-refractivity contribution is 7.33. The Hall–Kier alpha value is -4.38. The average molecular weight is 717 g/mol. The van der Waals surface area contributed by atoms with E-state index in [4.69, 9.17) is 51.2 Å². The van der Waals surface area contributed by atoms with Crippen molar-refractivity contribution in [3.8, 4) is 34.5 Å². The predicted octanol–water partition coefficient (Wildman–Crippen LogP) is 8.27. The zero-order chi connectivity index (χ0) is 34.6. The molecule has 0 aromatic heterocycles. The van der Waals surface area contributed by atoms with Gasteiger partial charge in [0.25, 0.3) is 11.8 Å². The van der Waals surface area contributed by atoms with E-state index in [-0.39, 0.29) is 0 Å². The van der Waals surface area contributed by atoms with Crippen LogP contribution >= 0.6 is 31.5 Å². The molecule has 2 atom stereocenters. The maximum Gasteiger partial charge on any atom is 0.701 e. The lowest BCUT2D eigenvalue weighted by Crippen LogP contribution is -2.37. The van der Waals surface area contributed by atoms with Gasteiger partial charge in [0, 0.05) is 4.57 Å².